The third-order valence-electron chi connectivity index (χ3n) is 5.07. The first kappa shape index (κ1) is 21.2. The number of benzene rings is 3. The number of rotatable bonds is 7. The van der Waals surface area contributed by atoms with Crippen molar-refractivity contribution in [2.45, 2.75) is 13.3 Å². The normalized spacial score (nSPS) is 10.6. The maximum atomic E-state index is 12.2. The van der Waals surface area contributed by atoms with Gasteiger partial charge in [-0.1, -0.05) is 48.0 Å². The average Bonchev–Trinajstić information content (AvgIpc) is 3.25. The van der Waals surface area contributed by atoms with Crippen molar-refractivity contribution in [1.29, 1.82) is 0 Å². The minimum atomic E-state index is -0.487. The van der Waals surface area contributed by atoms with Gasteiger partial charge in [-0.15, -0.1) is 0 Å². The van der Waals surface area contributed by atoms with Crippen molar-refractivity contribution >= 4 is 6.09 Å². The minimum Gasteiger partial charge on any atom is -0.497 e. The Kier molecular flexibility index (Phi) is 6.51. The molecule has 0 aliphatic carbocycles. The van der Waals surface area contributed by atoms with Gasteiger partial charge >= 0.3 is 6.09 Å². The lowest BCUT2D eigenvalue weighted by Gasteiger charge is -2.07. The fraction of sp³-hybridized carbons (Fsp3) is 0.154. The Morgan fingerprint density at radius 1 is 0.906 bits per heavy atom. The second-order valence-electron chi connectivity index (χ2n) is 7.38. The van der Waals surface area contributed by atoms with E-state index in [1.165, 1.54) is 0 Å². The molecular formula is C26H25N3O3. The molecule has 4 rings (SSSR count). The van der Waals surface area contributed by atoms with E-state index in [0.717, 1.165) is 39.7 Å². The summed E-state index contributed by atoms with van der Waals surface area (Å²) in [7, 11) is 1.64. The van der Waals surface area contributed by atoms with Gasteiger partial charge < -0.3 is 19.8 Å². The van der Waals surface area contributed by atoms with Crippen LogP contribution >= 0.6 is 0 Å². The highest BCUT2D eigenvalue weighted by molar-refractivity contribution is 5.71. The van der Waals surface area contributed by atoms with Crippen LogP contribution in [0, 0.1) is 6.92 Å². The van der Waals surface area contributed by atoms with Crippen molar-refractivity contribution in [2.75, 3.05) is 13.7 Å². The van der Waals surface area contributed by atoms with Crippen molar-refractivity contribution in [2.24, 2.45) is 0 Å². The summed E-state index contributed by atoms with van der Waals surface area (Å²) < 4.78 is 10.6. The molecule has 6 heteroatoms. The molecule has 4 aromatic rings. The first-order chi connectivity index (χ1) is 15.6. The summed E-state index contributed by atoms with van der Waals surface area (Å²) in [4.78, 5) is 20.4. The molecule has 1 amide bonds. The molecule has 0 aliphatic rings. The van der Waals surface area contributed by atoms with Crippen LogP contribution < -0.4 is 14.8 Å². The van der Waals surface area contributed by atoms with Gasteiger partial charge in [0.1, 0.15) is 17.3 Å². The van der Waals surface area contributed by atoms with Crippen LogP contribution in [-0.4, -0.2) is 29.7 Å². The van der Waals surface area contributed by atoms with E-state index in [4.69, 9.17) is 14.5 Å². The predicted octanol–water partition coefficient (Wildman–Crippen LogP) is 5.39. The van der Waals surface area contributed by atoms with Crippen LogP contribution in [-0.2, 0) is 6.42 Å². The fourth-order valence-corrected chi connectivity index (χ4v) is 3.35. The number of aryl methyl sites for hydroxylation is 1. The number of ether oxygens (including phenoxy) is 2. The van der Waals surface area contributed by atoms with Crippen molar-refractivity contribution in [3.8, 4) is 34.1 Å². The Bertz CT molecular complexity index is 1170. The molecule has 6 nitrogen and oxygen atoms in total. The van der Waals surface area contributed by atoms with Gasteiger partial charge in [-0.3, -0.25) is 0 Å². The Morgan fingerprint density at radius 3 is 2.28 bits per heavy atom. The van der Waals surface area contributed by atoms with E-state index in [-0.39, 0.29) is 0 Å². The highest BCUT2D eigenvalue weighted by atomic mass is 16.6. The van der Waals surface area contributed by atoms with Crippen LogP contribution in [0.3, 0.4) is 0 Å². The van der Waals surface area contributed by atoms with Gasteiger partial charge in [0.05, 0.1) is 18.5 Å². The molecule has 0 saturated heterocycles. The van der Waals surface area contributed by atoms with E-state index in [2.05, 4.69) is 10.3 Å². The summed E-state index contributed by atoms with van der Waals surface area (Å²) in [5.74, 6) is 2.09. The first-order valence-electron chi connectivity index (χ1n) is 10.4. The molecular weight excluding hydrogens is 402 g/mol. The smallest absolute Gasteiger partial charge is 0.412 e. The SMILES string of the molecule is COc1ccc(-c2[nH]c(-c3ccccc3)nc2CCNC(=O)Oc2ccc(C)cc2)cc1. The second-order valence-corrected chi connectivity index (χ2v) is 7.38. The summed E-state index contributed by atoms with van der Waals surface area (Å²) in [6.45, 7) is 2.38. The number of imidazole rings is 1. The zero-order valence-electron chi connectivity index (χ0n) is 18.1. The third kappa shape index (κ3) is 5.16. The zero-order valence-corrected chi connectivity index (χ0v) is 18.1. The Labute approximate surface area is 187 Å². The van der Waals surface area contributed by atoms with Gasteiger partial charge in [0.25, 0.3) is 0 Å². The predicted molar refractivity (Wildman–Crippen MR) is 125 cm³/mol. The maximum Gasteiger partial charge on any atom is 0.412 e. The average molecular weight is 428 g/mol. The van der Waals surface area contributed by atoms with Gasteiger partial charge in [-0.25, -0.2) is 9.78 Å². The zero-order chi connectivity index (χ0) is 22.3. The summed E-state index contributed by atoms with van der Waals surface area (Å²) in [5.41, 5.74) is 4.89. The molecule has 0 saturated carbocycles. The highest BCUT2D eigenvalue weighted by Gasteiger charge is 2.14. The van der Waals surface area contributed by atoms with Crippen molar-refractivity contribution in [1.82, 2.24) is 15.3 Å². The number of nitrogens with one attached hydrogen (secondary N) is 2. The molecule has 0 unspecified atom stereocenters. The topological polar surface area (TPSA) is 76.2 Å². The number of methoxy groups -OCH3 is 1. The summed E-state index contributed by atoms with van der Waals surface area (Å²) in [6, 6.07) is 25.1. The minimum absolute atomic E-state index is 0.396. The molecule has 162 valence electrons. The number of H-pyrrole nitrogens is 1. The van der Waals surface area contributed by atoms with E-state index in [1.54, 1.807) is 19.2 Å². The van der Waals surface area contributed by atoms with Gasteiger partial charge in [0.15, 0.2) is 0 Å². The molecule has 0 aliphatic heterocycles. The lowest BCUT2D eigenvalue weighted by atomic mass is 10.1. The monoisotopic (exact) mass is 427 g/mol. The van der Waals surface area contributed by atoms with Crippen molar-refractivity contribution in [3.63, 3.8) is 0 Å². The fourth-order valence-electron chi connectivity index (χ4n) is 3.35. The molecule has 0 spiro atoms. The summed E-state index contributed by atoms with van der Waals surface area (Å²) >= 11 is 0. The third-order valence-corrected chi connectivity index (χ3v) is 5.07. The quantitative estimate of drug-likeness (QED) is 0.414. The van der Waals surface area contributed by atoms with E-state index in [1.807, 2.05) is 73.7 Å². The highest BCUT2D eigenvalue weighted by Crippen LogP contribution is 2.28. The van der Waals surface area contributed by atoms with E-state index in [9.17, 15) is 4.79 Å². The number of nitrogens with zero attached hydrogens (tertiary/aromatic N) is 1. The second kappa shape index (κ2) is 9.83. The number of carbonyl (C=O) groups excluding carboxylic acids is 1. The number of hydrogen-bond donors (Lipinski definition) is 2. The Balaban J connectivity index is 1.49. The molecule has 0 fully saturated rings. The number of carbonyl (C=O) groups is 1. The largest absolute Gasteiger partial charge is 0.497 e. The lowest BCUT2D eigenvalue weighted by molar-refractivity contribution is 0.200. The van der Waals surface area contributed by atoms with Crippen molar-refractivity contribution < 1.29 is 14.3 Å². The van der Waals surface area contributed by atoms with Crippen LogP contribution in [0.1, 0.15) is 11.3 Å². The Morgan fingerprint density at radius 2 is 1.59 bits per heavy atom. The Hall–Kier alpha value is -4.06. The van der Waals surface area contributed by atoms with Crippen molar-refractivity contribution in [3.05, 3.63) is 90.1 Å². The molecule has 1 heterocycles. The summed E-state index contributed by atoms with van der Waals surface area (Å²) in [5, 5.41) is 2.81. The van der Waals surface area contributed by atoms with Crippen LogP contribution in [0.5, 0.6) is 11.5 Å². The molecule has 2 N–H and O–H groups in total. The van der Waals surface area contributed by atoms with Crippen LogP contribution in [0.25, 0.3) is 22.6 Å². The molecule has 0 radical (unpaired) electrons. The van der Waals surface area contributed by atoms with Crippen LogP contribution in [0.15, 0.2) is 78.9 Å². The number of hydrogen-bond acceptors (Lipinski definition) is 4. The van der Waals surface area contributed by atoms with E-state index < -0.39 is 6.09 Å². The van der Waals surface area contributed by atoms with E-state index in [0.29, 0.717) is 18.7 Å². The molecule has 3 aromatic carbocycles. The van der Waals surface area contributed by atoms with Crippen LogP contribution in [0.4, 0.5) is 4.79 Å². The van der Waals surface area contributed by atoms with Gasteiger partial charge in [0.2, 0.25) is 0 Å². The standard InChI is InChI=1S/C26H25N3O3/c1-18-8-12-22(13-9-18)32-26(30)27-17-16-23-24(19-10-14-21(31-2)15-11-19)29-25(28-23)20-6-4-3-5-7-20/h3-15H,16-17H2,1-2H3,(H,27,30)(H,28,29). The van der Waals surface area contributed by atoms with Gasteiger partial charge in [-0.05, 0) is 43.3 Å². The number of amides is 1. The van der Waals surface area contributed by atoms with E-state index >= 15 is 0 Å². The van der Waals surface area contributed by atoms with Gasteiger partial charge in [0, 0.05) is 24.1 Å². The molecule has 32 heavy (non-hydrogen) atoms. The number of aromatic nitrogens is 2. The lowest BCUT2D eigenvalue weighted by Crippen LogP contribution is -2.28. The molecule has 0 atom stereocenters. The van der Waals surface area contributed by atoms with Crippen LogP contribution in [0.2, 0.25) is 0 Å². The first-order valence-corrected chi connectivity index (χ1v) is 10.4. The summed E-state index contributed by atoms with van der Waals surface area (Å²) in [6.07, 6.45) is 0.0620. The molecule has 0 bridgehead atoms. The molecule has 1 aromatic heterocycles. The maximum absolute atomic E-state index is 12.2. The van der Waals surface area contributed by atoms with Gasteiger partial charge in [-0.2, -0.15) is 0 Å². The number of aromatic amines is 1.